The number of nitriles is 1. The maximum absolute atomic E-state index is 14.2. The molecule has 1 saturated heterocycles. The first-order valence-electron chi connectivity index (χ1n) is 13.1. The topological polar surface area (TPSA) is 116 Å². The van der Waals surface area contributed by atoms with Gasteiger partial charge in [-0.25, -0.2) is 13.9 Å². The van der Waals surface area contributed by atoms with Gasteiger partial charge < -0.3 is 20.1 Å². The first-order chi connectivity index (χ1) is 18.2. The SMILES string of the molecule is CC(C)(O)COc1cc(-c2ccc(N3CC[C@H](NC(=O)C4CCCCC4F)C3)nc2)c2c(C#N)cnn2c1. The van der Waals surface area contributed by atoms with Crippen molar-refractivity contribution in [1.82, 2.24) is 19.9 Å². The molecular weight excluding hydrogens is 487 g/mol. The molecule has 3 aromatic heterocycles. The predicted octanol–water partition coefficient (Wildman–Crippen LogP) is 3.64. The highest BCUT2D eigenvalue weighted by atomic mass is 19.1. The number of nitrogens with one attached hydrogen (secondary N) is 1. The lowest BCUT2D eigenvalue weighted by atomic mass is 9.86. The molecule has 1 amide bonds. The van der Waals surface area contributed by atoms with Gasteiger partial charge in [0.15, 0.2) is 0 Å². The molecule has 0 aromatic carbocycles. The molecule has 3 atom stereocenters. The molecule has 0 radical (unpaired) electrons. The number of aromatic nitrogens is 3. The largest absolute Gasteiger partial charge is 0.489 e. The molecular formula is C28H33FN6O3. The number of ether oxygens (including phenoxy) is 1. The van der Waals surface area contributed by atoms with E-state index >= 15 is 0 Å². The van der Waals surface area contributed by atoms with E-state index < -0.39 is 17.7 Å². The van der Waals surface area contributed by atoms with Crippen LogP contribution in [0.5, 0.6) is 5.75 Å². The van der Waals surface area contributed by atoms with Crippen LogP contribution < -0.4 is 15.0 Å². The fraction of sp³-hybridized carbons (Fsp3) is 0.500. The van der Waals surface area contributed by atoms with Crippen LogP contribution in [0.1, 0.15) is 51.5 Å². The van der Waals surface area contributed by atoms with Crippen molar-refractivity contribution < 1.29 is 19.0 Å². The van der Waals surface area contributed by atoms with E-state index in [0.29, 0.717) is 36.2 Å². The van der Waals surface area contributed by atoms with Crippen molar-refractivity contribution >= 4 is 17.2 Å². The predicted molar refractivity (Wildman–Crippen MR) is 141 cm³/mol. The third kappa shape index (κ3) is 5.58. The number of fused-ring (bicyclic) bond motifs is 1. The van der Waals surface area contributed by atoms with E-state index in [9.17, 15) is 19.6 Å². The molecule has 1 aliphatic heterocycles. The van der Waals surface area contributed by atoms with Crippen molar-refractivity contribution in [2.75, 3.05) is 24.6 Å². The summed E-state index contributed by atoms with van der Waals surface area (Å²) < 4.78 is 21.6. The van der Waals surface area contributed by atoms with E-state index in [1.807, 2.05) is 18.2 Å². The molecule has 2 aliphatic rings. The summed E-state index contributed by atoms with van der Waals surface area (Å²) in [6, 6.07) is 7.83. The Hall–Kier alpha value is -3.71. The molecule has 1 aliphatic carbocycles. The van der Waals surface area contributed by atoms with E-state index in [-0.39, 0.29) is 18.6 Å². The van der Waals surface area contributed by atoms with Crippen molar-refractivity contribution in [1.29, 1.82) is 5.26 Å². The quantitative estimate of drug-likeness (QED) is 0.489. The summed E-state index contributed by atoms with van der Waals surface area (Å²) in [5.41, 5.74) is 1.61. The van der Waals surface area contributed by atoms with Crippen LogP contribution >= 0.6 is 0 Å². The number of hydrogen-bond donors (Lipinski definition) is 2. The van der Waals surface area contributed by atoms with Gasteiger partial charge in [-0.3, -0.25) is 4.79 Å². The Morgan fingerprint density at radius 1 is 1.29 bits per heavy atom. The number of carbonyl (C=O) groups is 1. The molecule has 2 fully saturated rings. The summed E-state index contributed by atoms with van der Waals surface area (Å²) in [5.74, 6) is 0.596. The van der Waals surface area contributed by atoms with Crippen LogP contribution in [0.15, 0.2) is 36.8 Å². The van der Waals surface area contributed by atoms with Gasteiger partial charge >= 0.3 is 0 Å². The van der Waals surface area contributed by atoms with Crippen molar-refractivity contribution in [2.45, 2.75) is 63.8 Å². The number of pyridine rings is 2. The van der Waals surface area contributed by atoms with Gasteiger partial charge in [0, 0.05) is 36.5 Å². The third-order valence-electron chi connectivity index (χ3n) is 7.24. The molecule has 9 nitrogen and oxygen atoms in total. The molecule has 1 saturated carbocycles. The number of aliphatic hydroxyl groups is 1. The molecule has 2 N–H and O–H groups in total. The summed E-state index contributed by atoms with van der Waals surface area (Å²) >= 11 is 0. The molecule has 38 heavy (non-hydrogen) atoms. The number of nitrogens with zero attached hydrogens (tertiary/aromatic N) is 5. The second-order valence-electron chi connectivity index (χ2n) is 10.9. The molecule has 2 unspecified atom stereocenters. The van der Waals surface area contributed by atoms with Crippen LogP contribution in [0.4, 0.5) is 10.2 Å². The minimum atomic E-state index is -1.04. The second-order valence-corrected chi connectivity index (χ2v) is 10.9. The maximum atomic E-state index is 14.2. The number of carbonyl (C=O) groups excluding carboxylic acids is 1. The summed E-state index contributed by atoms with van der Waals surface area (Å²) in [5, 5.41) is 27.0. The van der Waals surface area contributed by atoms with Crippen molar-refractivity contribution in [2.24, 2.45) is 5.92 Å². The van der Waals surface area contributed by atoms with E-state index in [4.69, 9.17) is 4.74 Å². The number of hydrogen-bond acceptors (Lipinski definition) is 7. The fourth-order valence-corrected chi connectivity index (χ4v) is 5.25. The van der Waals surface area contributed by atoms with E-state index in [0.717, 1.165) is 42.8 Å². The average molecular weight is 521 g/mol. The van der Waals surface area contributed by atoms with E-state index in [1.165, 1.54) is 6.20 Å². The van der Waals surface area contributed by atoms with Crippen LogP contribution in [0.25, 0.3) is 16.6 Å². The number of alkyl halides is 1. The Labute approximate surface area is 221 Å². The number of anilines is 1. The summed E-state index contributed by atoms with van der Waals surface area (Å²) in [4.78, 5) is 19.4. The van der Waals surface area contributed by atoms with E-state index in [2.05, 4.69) is 26.4 Å². The lowest BCUT2D eigenvalue weighted by molar-refractivity contribution is -0.128. The van der Waals surface area contributed by atoms with Crippen LogP contribution in [-0.4, -0.2) is 63.1 Å². The Bertz CT molecular complexity index is 1340. The van der Waals surface area contributed by atoms with Crippen molar-refractivity contribution in [3.05, 3.63) is 42.4 Å². The lowest BCUT2D eigenvalue weighted by Crippen LogP contribution is -2.44. The molecule has 4 heterocycles. The van der Waals surface area contributed by atoms with Crippen LogP contribution in [0, 0.1) is 17.2 Å². The standard InChI is InChI=1S/C28H33FN6O3/c1-28(2,37)17-38-21-11-23(26-19(12-30)14-32-35(26)16-21)18-7-8-25(31-13-18)34-10-9-20(15-34)33-27(36)22-5-3-4-6-24(22)29/h7-8,11,13-14,16,20,22,24,37H,3-6,9-10,15,17H2,1-2H3,(H,33,36)/t20-,22?,24?/m0/s1. The van der Waals surface area contributed by atoms with Gasteiger partial charge in [0.05, 0.1) is 35.0 Å². The van der Waals surface area contributed by atoms with Crippen molar-refractivity contribution in [3.8, 4) is 22.9 Å². The maximum Gasteiger partial charge on any atom is 0.226 e. The van der Waals surface area contributed by atoms with Crippen LogP contribution in [-0.2, 0) is 4.79 Å². The minimum Gasteiger partial charge on any atom is -0.489 e. The molecule has 0 spiro atoms. The summed E-state index contributed by atoms with van der Waals surface area (Å²) in [7, 11) is 0. The van der Waals surface area contributed by atoms with E-state index in [1.54, 1.807) is 30.8 Å². The van der Waals surface area contributed by atoms with Gasteiger partial charge in [-0.2, -0.15) is 10.4 Å². The van der Waals surface area contributed by atoms with Gasteiger partial charge in [0.25, 0.3) is 0 Å². The van der Waals surface area contributed by atoms with Crippen molar-refractivity contribution in [3.63, 3.8) is 0 Å². The Morgan fingerprint density at radius 2 is 2.11 bits per heavy atom. The molecule has 0 bridgehead atoms. The smallest absolute Gasteiger partial charge is 0.226 e. The first-order valence-corrected chi connectivity index (χ1v) is 13.1. The molecule has 200 valence electrons. The number of amides is 1. The summed E-state index contributed by atoms with van der Waals surface area (Å²) in [6.07, 6.45) is 7.53. The second kappa shape index (κ2) is 10.6. The monoisotopic (exact) mass is 520 g/mol. The Balaban J connectivity index is 1.31. The fourth-order valence-electron chi connectivity index (χ4n) is 5.25. The Kier molecular flexibility index (Phi) is 7.21. The van der Waals surface area contributed by atoms with Crippen LogP contribution in [0.3, 0.4) is 0 Å². The highest BCUT2D eigenvalue weighted by Crippen LogP contribution is 2.32. The van der Waals surface area contributed by atoms with Crippen LogP contribution in [0.2, 0.25) is 0 Å². The number of rotatable bonds is 7. The van der Waals surface area contributed by atoms with Gasteiger partial charge in [-0.05, 0) is 51.3 Å². The zero-order chi connectivity index (χ0) is 26.9. The zero-order valence-electron chi connectivity index (χ0n) is 21.7. The highest BCUT2D eigenvalue weighted by molar-refractivity contribution is 5.85. The number of halogens is 1. The molecule has 3 aromatic rings. The molecule has 5 rings (SSSR count). The van der Waals surface area contributed by atoms with Gasteiger partial charge in [0.1, 0.15) is 30.4 Å². The highest BCUT2D eigenvalue weighted by Gasteiger charge is 2.33. The van der Waals surface area contributed by atoms with Gasteiger partial charge in [0.2, 0.25) is 5.91 Å². The Morgan fingerprint density at radius 3 is 2.82 bits per heavy atom. The normalized spacial score (nSPS) is 21.9. The first kappa shape index (κ1) is 25.9. The van der Waals surface area contributed by atoms with Gasteiger partial charge in [-0.1, -0.05) is 12.8 Å². The van der Waals surface area contributed by atoms with Gasteiger partial charge in [-0.15, -0.1) is 0 Å². The lowest BCUT2D eigenvalue weighted by Gasteiger charge is -2.26. The average Bonchev–Trinajstić information content (AvgIpc) is 3.54. The molecule has 10 heteroatoms. The third-order valence-corrected chi connectivity index (χ3v) is 7.24. The summed E-state index contributed by atoms with van der Waals surface area (Å²) in [6.45, 7) is 4.79. The zero-order valence-corrected chi connectivity index (χ0v) is 21.7. The minimum absolute atomic E-state index is 0.0349.